The van der Waals surface area contributed by atoms with Gasteiger partial charge in [-0.05, 0) is 114 Å². The van der Waals surface area contributed by atoms with Crippen molar-refractivity contribution in [1.82, 2.24) is 0 Å². The Bertz CT molecular complexity index is 830. The smallest absolute Gasteiger partial charge is 0.374 e. The van der Waals surface area contributed by atoms with Gasteiger partial charge >= 0.3 is 5.97 Å². The fraction of sp³-hybridized carbons (Fsp3) is 0.931. The Labute approximate surface area is 195 Å². The summed E-state index contributed by atoms with van der Waals surface area (Å²) >= 11 is 0. The number of ether oxygens (including phenoxy) is 1. The number of ketones is 1. The molecule has 32 heavy (non-hydrogen) atoms. The third-order valence-corrected chi connectivity index (χ3v) is 13.3. The zero-order valence-corrected chi connectivity index (χ0v) is 21.7. The van der Waals surface area contributed by atoms with Gasteiger partial charge in [-0.1, -0.05) is 41.5 Å². The second-order valence-electron chi connectivity index (χ2n) is 14.0. The van der Waals surface area contributed by atoms with E-state index in [1.165, 1.54) is 64.9 Å². The first-order valence-electron chi connectivity index (χ1n) is 13.5. The van der Waals surface area contributed by atoms with Crippen LogP contribution in [0.25, 0.3) is 0 Å². The van der Waals surface area contributed by atoms with Crippen LogP contribution in [0, 0.1) is 56.7 Å². The summed E-state index contributed by atoms with van der Waals surface area (Å²) in [5.41, 5.74) is 2.37. The predicted molar refractivity (Wildman–Crippen MR) is 127 cm³/mol. The van der Waals surface area contributed by atoms with Crippen LogP contribution in [-0.4, -0.2) is 18.9 Å². The van der Waals surface area contributed by atoms with Crippen molar-refractivity contribution in [2.75, 3.05) is 7.11 Å². The Morgan fingerprint density at radius 1 is 0.875 bits per heavy atom. The van der Waals surface area contributed by atoms with E-state index in [2.05, 4.69) is 41.5 Å². The van der Waals surface area contributed by atoms with E-state index in [0.29, 0.717) is 34.0 Å². The summed E-state index contributed by atoms with van der Waals surface area (Å²) in [4.78, 5) is 24.1. The normalized spacial score (nSPS) is 51.5. The van der Waals surface area contributed by atoms with Gasteiger partial charge in [-0.15, -0.1) is 0 Å². The van der Waals surface area contributed by atoms with E-state index in [4.69, 9.17) is 4.74 Å². The molecule has 5 fully saturated rings. The van der Waals surface area contributed by atoms with E-state index in [1.54, 1.807) is 0 Å². The Morgan fingerprint density at radius 2 is 1.53 bits per heavy atom. The number of fused-ring (bicyclic) bond motifs is 2. The average Bonchev–Trinajstić information content (AvgIpc) is 3.33. The van der Waals surface area contributed by atoms with Crippen molar-refractivity contribution in [3.05, 3.63) is 0 Å². The molecule has 0 aromatic heterocycles. The van der Waals surface area contributed by atoms with Crippen molar-refractivity contribution in [2.45, 2.75) is 106 Å². The van der Waals surface area contributed by atoms with Crippen LogP contribution in [-0.2, 0) is 14.3 Å². The van der Waals surface area contributed by atoms with Crippen LogP contribution in [0.3, 0.4) is 0 Å². The average molecular weight is 443 g/mol. The summed E-state index contributed by atoms with van der Waals surface area (Å²) < 4.78 is 4.70. The lowest BCUT2D eigenvalue weighted by molar-refractivity contribution is -0.155. The van der Waals surface area contributed by atoms with E-state index in [1.807, 2.05) is 0 Å². The molecule has 0 bridgehead atoms. The Morgan fingerprint density at radius 3 is 2.22 bits per heavy atom. The molecule has 0 heterocycles. The molecule has 0 saturated heterocycles. The molecule has 3 heteroatoms. The molecule has 1 unspecified atom stereocenters. The van der Waals surface area contributed by atoms with Gasteiger partial charge in [0.25, 0.3) is 0 Å². The maximum Gasteiger partial charge on any atom is 0.374 e. The molecular formula is C29H46O3. The maximum absolute atomic E-state index is 12.3. The third-order valence-electron chi connectivity index (χ3n) is 13.3. The van der Waals surface area contributed by atoms with E-state index in [0.717, 1.165) is 17.8 Å². The lowest BCUT2D eigenvalue weighted by atomic mass is 9.41. The maximum atomic E-state index is 12.3. The molecule has 5 aliphatic rings. The molecule has 0 radical (unpaired) electrons. The van der Waals surface area contributed by atoms with Crippen LogP contribution in [0.15, 0.2) is 0 Å². The van der Waals surface area contributed by atoms with Gasteiger partial charge in [0, 0.05) is 6.42 Å². The van der Waals surface area contributed by atoms with Crippen molar-refractivity contribution in [2.24, 2.45) is 56.7 Å². The molecule has 5 saturated carbocycles. The van der Waals surface area contributed by atoms with Gasteiger partial charge in [-0.25, -0.2) is 4.79 Å². The number of carbonyl (C=O) groups is 2. The first-order valence-corrected chi connectivity index (χ1v) is 13.5. The minimum atomic E-state index is -0.669. The molecule has 5 rings (SSSR count). The largest absolute Gasteiger partial charge is 0.463 e. The molecule has 0 aromatic carbocycles. The zero-order valence-electron chi connectivity index (χ0n) is 21.7. The van der Waals surface area contributed by atoms with Crippen LogP contribution >= 0.6 is 0 Å². The van der Waals surface area contributed by atoms with Crippen molar-refractivity contribution >= 4 is 11.8 Å². The summed E-state index contributed by atoms with van der Waals surface area (Å²) in [6, 6.07) is 0. The van der Waals surface area contributed by atoms with Gasteiger partial charge in [0.1, 0.15) is 0 Å². The zero-order chi connectivity index (χ0) is 23.3. The molecule has 3 nitrogen and oxygen atoms in total. The number of hydrogen-bond donors (Lipinski definition) is 0. The third kappa shape index (κ3) is 2.55. The molecule has 0 N–H and O–H groups in total. The van der Waals surface area contributed by atoms with Gasteiger partial charge in [0.2, 0.25) is 5.78 Å². The first-order chi connectivity index (χ1) is 14.9. The number of rotatable bonds is 4. The first kappa shape index (κ1) is 22.9. The lowest BCUT2D eigenvalue weighted by Gasteiger charge is -2.63. The highest BCUT2D eigenvalue weighted by Crippen LogP contribution is 2.89. The number of methoxy groups -OCH3 is 1. The minimum absolute atomic E-state index is 0.251. The van der Waals surface area contributed by atoms with Crippen LogP contribution in [0.2, 0.25) is 0 Å². The second-order valence-corrected chi connectivity index (χ2v) is 14.0. The van der Waals surface area contributed by atoms with E-state index >= 15 is 0 Å². The van der Waals surface area contributed by atoms with Crippen LogP contribution in [0.5, 0.6) is 0 Å². The van der Waals surface area contributed by atoms with Crippen LogP contribution < -0.4 is 0 Å². The molecule has 0 amide bonds. The number of esters is 1. The van der Waals surface area contributed by atoms with Crippen molar-refractivity contribution in [3.63, 3.8) is 0 Å². The molecular weight excluding hydrogens is 396 g/mol. The highest BCUT2D eigenvalue weighted by atomic mass is 16.5. The summed E-state index contributed by atoms with van der Waals surface area (Å²) in [5.74, 6) is 2.39. The van der Waals surface area contributed by atoms with Crippen LogP contribution in [0.4, 0.5) is 0 Å². The van der Waals surface area contributed by atoms with Gasteiger partial charge in [-0.2, -0.15) is 0 Å². The number of hydrogen-bond acceptors (Lipinski definition) is 3. The molecule has 5 aliphatic carbocycles. The topological polar surface area (TPSA) is 43.4 Å². The molecule has 2 spiro atoms. The van der Waals surface area contributed by atoms with E-state index < -0.39 is 5.97 Å². The lowest BCUT2D eigenvalue weighted by Crippen LogP contribution is -2.56. The van der Waals surface area contributed by atoms with Crippen molar-refractivity contribution in [3.8, 4) is 0 Å². The monoisotopic (exact) mass is 442 g/mol. The Hall–Kier alpha value is -0.860. The molecule has 0 aromatic rings. The fourth-order valence-corrected chi connectivity index (χ4v) is 11.1. The molecule has 9 atom stereocenters. The standard InChI is InChI=1S/C29H46O3/c1-18(16-21(30)24(31)32-7)20-11-12-27(6)23-9-8-22-25(3,4)19(2)10-13-28(22)17-29(23,28)15-14-26(20,27)5/h18-20,22-23H,8-17H2,1-7H3/t18-,19+,20-,22+,23+,26-,27+,28-,29?/m1/s1. The SMILES string of the molecule is COC(=O)C(=O)C[C@@H](C)[C@H]1CC[C@@]2(C)[C@@H]3CC[C@H]4C(C)(C)[C@@H](C)CC[C@@]45CC35CC[C@]12C. The summed E-state index contributed by atoms with van der Waals surface area (Å²) in [6.07, 6.45) is 12.8. The van der Waals surface area contributed by atoms with Gasteiger partial charge in [-0.3, -0.25) is 4.79 Å². The summed E-state index contributed by atoms with van der Waals surface area (Å²) in [7, 11) is 1.31. The van der Waals surface area contributed by atoms with Gasteiger partial charge < -0.3 is 4.74 Å². The van der Waals surface area contributed by atoms with E-state index in [9.17, 15) is 9.59 Å². The number of carbonyl (C=O) groups excluding carboxylic acids is 2. The second kappa shape index (κ2) is 6.85. The molecule has 180 valence electrons. The molecule has 0 aliphatic heterocycles. The summed E-state index contributed by atoms with van der Waals surface area (Å²) in [6.45, 7) is 15.1. The Kier molecular flexibility index (Phi) is 4.90. The van der Waals surface area contributed by atoms with Crippen molar-refractivity contribution < 1.29 is 14.3 Å². The minimum Gasteiger partial charge on any atom is -0.463 e. The van der Waals surface area contributed by atoms with Crippen molar-refractivity contribution in [1.29, 1.82) is 0 Å². The number of Topliss-reactive ketones (excluding diaryl/α,β-unsaturated/α-hetero) is 1. The van der Waals surface area contributed by atoms with Crippen LogP contribution in [0.1, 0.15) is 106 Å². The fourth-order valence-electron chi connectivity index (χ4n) is 11.1. The quantitative estimate of drug-likeness (QED) is 0.354. The van der Waals surface area contributed by atoms with Gasteiger partial charge in [0.15, 0.2) is 0 Å². The highest BCUT2D eigenvalue weighted by Gasteiger charge is 2.81. The Balaban J connectivity index is 1.42. The van der Waals surface area contributed by atoms with Gasteiger partial charge in [0.05, 0.1) is 7.11 Å². The highest BCUT2D eigenvalue weighted by molar-refractivity contribution is 6.33. The van der Waals surface area contributed by atoms with E-state index in [-0.39, 0.29) is 17.1 Å². The predicted octanol–water partition coefficient (Wildman–Crippen LogP) is 6.83. The summed E-state index contributed by atoms with van der Waals surface area (Å²) in [5, 5.41) is 0.